The summed E-state index contributed by atoms with van der Waals surface area (Å²) in [6.45, 7) is 1.97. The Balaban J connectivity index is 2.25. The molecule has 0 saturated heterocycles. The molecule has 0 aliphatic carbocycles. The highest BCUT2D eigenvalue weighted by Gasteiger charge is 2.12. The molecule has 0 spiro atoms. The minimum atomic E-state index is -0.415. The molecule has 0 radical (unpaired) electrons. The van der Waals surface area contributed by atoms with Crippen LogP contribution in [0.2, 0.25) is 5.02 Å². The number of hydrogen-bond acceptors (Lipinski definition) is 3. The van der Waals surface area contributed by atoms with Crippen molar-refractivity contribution in [3.63, 3.8) is 0 Å². The molecule has 0 aliphatic rings. The number of nitrogens with one attached hydrogen (secondary N) is 1. The van der Waals surface area contributed by atoms with Crippen molar-refractivity contribution in [2.75, 3.05) is 5.32 Å². The summed E-state index contributed by atoms with van der Waals surface area (Å²) in [6, 6.07) is 12.1. The van der Waals surface area contributed by atoms with Crippen LogP contribution in [0.4, 0.5) is 11.4 Å². The van der Waals surface area contributed by atoms with Gasteiger partial charge in [-0.1, -0.05) is 23.7 Å². The Morgan fingerprint density at radius 1 is 1.30 bits per heavy atom. The van der Waals surface area contributed by atoms with Crippen LogP contribution in [0.1, 0.15) is 18.5 Å². The van der Waals surface area contributed by atoms with Crippen molar-refractivity contribution in [3.8, 4) is 0 Å². The predicted octanol–water partition coefficient (Wildman–Crippen LogP) is 5.18. The monoisotopic (exact) mass is 354 g/mol. The van der Waals surface area contributed by atoms with Gasteiger partial charge in [0.1, 0.15) is 0 Å². The predicted molar refractivity (Wildman–Crippen MR) is 84.3 cm³/mol. The van der Waals surface area contributed by atoms with Crippen LogP contribution in [0.25, 0.3) is 0 Å². The molecule has 1 N–H and O–H groups in total. The standard InChI is InChI=1S/C14H12BrClN2O2/c1-9(10-3-2-4-11(16)7-10)17-14-8-12(18(19)20)5-6-13(14)15/h2-9,17H,1H3. The van der Waals surface area contributed by atoms with Gasteiger partial charge in [-0.05, 0) is 46.6 Å². The summed E-state index contributed by atoms with van der Waals surface area (Å²) in [6.07, 6.45) is 0. The lowest BCUT2D eigenvalue weighted by Gasteiger charge is -2.17. The topological polar surface area (TPSA) is 55.2 Å². The Kier molecular flexibility index (Phi) is 4.62. The zero-order chi connectivity index (χ0) is 14.7. The Labute approximate surface area is 130 Å². The van der Waals surface area contributed by atoms with Gasteiger partial charge in [-0.15, -0.1) is 0 Å². The number of nitrogens with zero attached hydrogens (tertiary/aromatic N) is 1. The maximum absolute atomic E-state index is 10.8. The molecule has 0 aromatic heterocycles. The van der Waals surface area contributed by atoms with Gasteiger partial charge in [0.05, 0.1) is 10.6 Å². The van der Waals surface area contributed by atoms with Crippen LogP contribution in [0.15, 0.2) is 46.9 Å². The van der Waals surface area contributed by atoms with Gasteiger partial charge >= 0.3 is 0 Å². The van der Waals surface area contributed by atoms with Gasteiger partial charge in [0, 0.05) is 27.7 Å². The third kappa shape index (κ3) is 3.49. The summed E-state index contributed by atoms with van der Waals surface area (Å²) in [7, 11) is 0. The average Bonchev–Trinajstić information content (AvgIpc) is 2.41. The van der Waals surface area contributed by atoms with E-state index >= 15 is 0 Å². The van der Waals surface area contributed by atoms with Crippen molar-refractivity contribution in [3.05, 3.63) is 67.6 Å². The van der Waals surface area contributed by atoms with E-state index in [-0.39, 0.29) is 11.7 Å². The molecule has 0 bridgehead atoms. The van der Waals surface area contributed by atoms with E-state index < -0.39 is 4.92 Å². The van der Waals surface area contributed by atoms with Crippen LogP contribution in [0.3, 0.4) is 0 Å². The fourth-order valence-corrected chi connectivity index (χ4v) is 2.39. The summed E-state index contributed by atoms with van der Waals surface area (Å²) >= 11 is 9.35. The van der Waals surface area contributed by atoms with Gasteiger partial charge in [-0.2, -0.15) is 0 Å². The lowest BCUT2D eigenvalue weighted by atomic mass is 10.1. The van der Waals surface area contributed by atoms with Crippen molar-refractivity contribution >= 4 is 38.9 Å². The summed E-state index contributed by atoms with van der Waals surface area (Å²) < 4.78 is 0.775. The molecule has 0 aliphatic heterocycles. The van der Waals surface area contributed by atoms with Crippen molar-refractivity contribution in [2.45, 2.75) is 13.0 Å². The number of nitro benzene ring substituents is 1. The van der Waals surface area contributed by atoms with Gasteiger partial charge in [-0.25, -0.2) is 0 Å². The van der Waals surface area contributed by atoms with Crippen molar-refractivity contribution in [2.24, 2.45) is 0 Å². The van der Waals surface area contributed by atoms with Gasteiger partial charge in [-0.3, -0.25) is 10.1 Å². The maximum atomic E-state index is 10.8. The highest BCUT2D eigenvalue weighted by molar-refractivity contribution is 9.10. The molecule has 1 atom stereocenters. The quantitative estimate of drug-likeness (QED) is 0.607. The van der Waals surface area contributed by atoms with E-state index in [1.807, 2.05) is 25.1 Å². The lowest BCUT2D eigenvalue weighted by molar-refractivity contribution is -0.384. The highest BCUT2D eigenvalue weighted by atomic mass is 79.9. The third-order valence-electron chi connectivity index (χ3n) is 2.88. The smallest absolute Gasteiger partial charge is 0.271 e. The van der Waals surface area contributed by atoms with E-state index in [4.69, 9.17) is 11.6 Å². The fraction of sp³-hybridized carbons (Fsp3) is 0.143. The van der Waals surface area contributed by atoms with Crippen LogP contribution in [-0.2, 0) is 0 Å². The molecule has 104 valence electrons. The molecule has 6 heteroatoms. The maximum Gasteiger partial charge on any atom is 0.271 e. The molecule has 4 nitrogen and oxygen atoms in total. The second-order valence-corrected chi connectivity index (χ2v) is 5.63. The lowest BCUT2D eigenvalue weighted by Crippen LogP contribution is -2.07. The van der Waals surface area contributed by atoms with Crippen molar-refractivity contribution < 1.29 is 4.92 Å². The van der Waals surface area contributed by atoms with Crippen LogP contribution >= 0.6 is 27.5 Å². The summed E-state index contributed by atoms with van der Waals surface area (Å²) in [5, 5.41) is 14.7. The summed E-state index contributed by atoms with van der Waals surface area (Å²) in [5.74, 6) is 0. The van der Waals surface area contributed by atoms with Gasteiger partial charge < -0.3 is 5.32 Å². The number of non-ortho nitro benzene ring substituents is 1. The molecule has 0 amide bonds. The number of anilines is 1. The third-order valence-corrected chi connectivity index (χ3v) is 3.81. The van der Waals surface area contributed by atoms with Crippen LogP contribution < -0.4 is 5.32 Å². The van der Waals surface area contributed by atoms with Gasteiger partial charge in [0.25, 0.3) is 5.69 Å². The van der Waals surface area contributed by atoms with E-state index in [0.717, 1.165) is 10.0 Å². The average molecular weight is 356 g/mol. The van der Waals surface area contributed by atoms with Crippen LogP contribution in [-0.4, -0.2) is 4.92 Å². The number of benzene rings is 2. The van der Waals surface area contributed by atoms with E-state index in [1.165, 1.54) is 12.1 Å². The Morgan fingerprint density at radius 2 is 2.05 bits per heavy atom. The van der Waals surface area contributed by atoms with Gasteiger partial charge in [0.2, 0.25) is 0 Å². The SMILES string of the molecule is CC(Nc1cc([N+](=O)[O-])ccc1Br)c1cccc(Cl)c1. The number of nitro groups is 1. The summed E-state index contributed by atoms with van der Waals surface area (Å²) in [4.78, 5) is 10.4. The minimum Gasteiger partial charge on any atom is -0.377 e. The van der Waals surface area contributed by atoms with Crippen LogP contribution in [0.5, 0.6) is 0 Å². The van der Waals surface area contributed by atoms with Crippen molar-refractivity contribution in [1.82, 2.24) is 0 Å². The van der Waals surface area contributed by atoms with E-state index in [1.54, 1.807) is 12.1 Å². The first kappa shape index (κ1) is 14.8. The first-order valence-electron chi connectivity index (χ1n) is 5.93. The van der Waals surface area contributed by atoms with E-state index in [9.17, 15) is 10.1 Å². The molecular formula is C14H12BrClN2O2. The largest absolute Gasteiger partial charge is 0.377 e. The van der Waals surface area contributed by atoms with E-state index in [0.29, 0.717) is 10.7 Å². The molecule has 20 heavy (non-hydrogen) atoms. The minimum absolute atomic E-state index is 0.0213. The molecule has 0 heterocycles. The zero-order valence-electron chi connectivity index (χ0n) is 10.6. The normalized spacial score (nSPS) is 11.9. The number of halogens is 2. The Hall–Kier alpha value is -1.59. The molecule has 2 aromatic rings. The molecule has 2 rings (SSSR count). The van der Waals surface area contributed by atoms with Crippen molar-refractivity contribution in [1.29, 1.82) is 0 Å². The first-order chi connectivity index (χ1) is 9.47. The molecule has 2 aromatic carbocycles. The first-order valence-corrected chi connectivity index (χ1v) is 7.10. The molecular weight excluding hydrogens is 344 g/mol. The van der Waals surface area contributed by atoms with E-state index in [2.05, 4.69) is 21.2 Å². The fourth-order valence-electron chi connectivity index (χ4n) is 1.83. The van der Waals surface area contributed by atoms with Gasteiger partial charge in [0.15, 0.2) is 0 Å². The second kappa shape index (κ2) is 6.24. The molecule has 0 saturated carbocycles. The summed E-state index contributed by atoms with van der Waals surface area (Å²) in [5.41, 5.74) is 1.73. The Bertz CT molecular complexity index is 649. The second-order valence-electron chi connectivity index (χ2n) is 4.34. The molecule has 1 unspecified atom stereocenters. The highest BCUT2D eigenvalue weighted by Crippen LogP contribution is 2.30. The molecule has 0 fully saturated rings. The number of hydrogen-bond donors (Lipinski definition) is 1. The van der Waals surface area contributed by atoms with Crippen LogP contribution in [0, 0.1) is 10.1 Å². The Morgan fingerprint density at radius 3 is 2.70 bits per heavy atom. The zero-order valence-corrected chi connectivity index (χ0v) is 13.0. The number of rotatable bonds is 4.